The predicted molar refractivity (Wildman–Crippen MR) is 270 cm³/mol. The van der Waals surface area contributed by atoms with E-state index in [0.29, 0.717) is 19.4 Å². The summed E-state index contributed by atoms with van der Waals surface area (Å²) in [5, 5.41) is 0. The fourth-order valence-corrected chi connectivity index (χ4v) is 7.86. The highest BCUT2D eigenvalue weighted by Gasteiger charge is 2.17. The van der Waals surface area contributed by atoms with Gasteiger partial charge in [0.25, 0.3) is 0 Å². The monoisotopic (exact) mass is 869 g/mol. The molecule has 0 spiro atoms. The first-order valence-corrected chi connectivity index (χ1v) is 27.2. The number of rotatable bonds is 50. The zero-order valence-electron chi connectivity index (χ0n) is 41.6. The number of hydrogen-bond acceptors (Lipinski definition) is 5. The molecule has 1 atom stereocenters. The maximum Gasteiger partial charge on any atom is 0.306 e. The van der Waals surface area contributed by atoms with E-state index in [1.807, 2.05) is 0 Å². The van der Waals surface area contributed by atoms with Crippen LogP contribution in [0.4, 0.5) is 0 Å². The molecule has 0 aromatic carbocycles. The largest absolute Gasteiger partial charge is 0.462 e. The average molecular weight is 869 g/mol. The van der Waals surface area contributed by atoms with Gasteiger partial charge < -0.3 is 14.2 Å². The van der Waals surface area contributed by atoms with Crippen LogP contribution in [0.1, 0.15) is 278 Å². The summed E-state index contributed by atoms with van der Waals surface area (Å²) in [4.78, 5) is 25.4. The van der Waals surface area contributed by atoms with Gasteiger partial charge in [0.05, 0.1) is 6.61 Å². The minimum Gasteiger partial charge on any atom is -0.462 e. The quantitative estimate of drug-likeness (QED) is 0.0346. The van der Waals surface area contributed by atoms with Crippen molar-refractivity contribution in [3.63, 3.8) is 0 Å². The first-order chi connectivity index (χ1) is 30.6. The summed E-state index contributed by atoms with van der Waals surface area (Å²) in [5.74, 6) is -0.430. The normalized spacial score (nSPS) is 12.5. The van der Waals surface area contributed by atoms with Gasteiger partial charge in [0.15, 0.2) is 6.10 Å². The topological polar surface area (TPSA) is 61.8 Å². The van der Waals surface area contributed by atoms with E-state index in [9.17, 15) is 9.59 Å². The molecule has 0 saturated heterocycles. The molecule has 5 nitrogen and oxygen atoms in total. The Labute approximate surface area is 386 Å². The molecule has 362 valence electrons. The molecule has 0 amide bonds. The first kappa shape index (κ1) is 59.9. The maximum absolute atomic E-state index is 12.8. The number of carbonyl (C=O) groups excluding carboxylic acids is 2. The Morgan fingerprint density at radius 2 is 0.726 bits per heavy atom. The highest BCUT2D eigenvalue weighted by atomic mass is 16.6. The number of allylic oxidation sites excluding steroid dienone is 8. The molecule has 0 radical (unpaired) electrons. The fraction of sp³-hybridized carbons (Fsp3) is 0.825. The zero-order valence-corrected chi connectivity index (χ0v) is 41.6. The van der Waals surface area contributed by atoms with Crippen molar-refractivity contribution in [2.75, 3.05) is 19.8 Å². The van der Waals surface area contributed by atoms with E-state index in [1.165, 1.54) is 173 Å². The molecule has 0 heterocycles. The molecule has 0 saturated carbocycles. The molecule has 0 aromatic heterocycles. The lowest BCUT2D eigenvalue weighted by atomic mass is 10.0. The molecule has 62 heavy (non-hydrogen) atoms. The van der Waals surface area contributed by atoms with Gasteiger partial charge in [-0.15, -0.1) is 0 Å². The van der Waals surface area contributed by atoms with Crippen LogP contribution >= 0.6 is 0 Å². The summed E-state index contributed by atoms with van der Waals surface area (Å²) in [5.41, 5.74) is 0. The van der Waals surface area contributed by atoms with Crippen LogP contribution in [-0.2, 0) is 23.8 Å². The Morgan fingerprint density at radius 3 is 1.16 bits per heavy atom. The SMILES string of the molecule is CC/C=C\C/C=C\C/C=C\C/C=C\CCCCC(=O)OC(COCCCCCCCCCCCCCC)COC(=O)CCCCCCCCCCCCCCCCCCCCC. The Morgan fingerprint density at radius 1 is 0.371 bits per heavy atom. The van der Waals surface area contributed by atoms with Gasteiger partial charge in [-0.1, -0.05) is 256 Å². The summed E-state index contributed by atoms with van der Waals surface area (Å²) in [6, 6.07) is 0. The zero-order chi connectivity index (χ0) is 44.9. The van der Waals surface area contributed by atoms with Gasteiger partial charge in [0, 0.05) is 19.4 Å². The second-order valence-corrected chi connectivity index (χ2v) is 18.1. The summed E-state index contributed by atoms with van der Waals surface area (Å²) < 4.78 is 17.4. The van der Waals surface area contributed by atoms with Crippen LogP contribution < -0.4 is 0 Å². The molecule has 1 unspecified atom stereocenters. The number of ether oxygens (including phenoxy) is 3. The standard InChI is InChI=1S/C57H104O5/c1-4-7-10-13-16-19-22-25-27-28-29-30-32-33-35-38-41-44-47-50-56(58)61-54-55(53-60-52-49-46-43-40-37-24-21-18-15-12-9-6-3)62-57(59)51-48-45-42-39-36-34-31-26-23-20-17-14-11-8-5-2/h8,11,17,20,26,31,36,39,55H,4-7,9-10,12-16,18-19,21-25,27-30,32-35,37-38,40-54H2,1-3H3/b11-8-,20-17-,31-26-,39-36-. The predicted octanol–water partition coefficient (Wildman–Crippen LogP) is 18.3. The molecular weight excluding hydrogens is 765 g/mol. The van der Waals surface area contributed by atoms with Crippen molar-refractivity contribution < 1.29 is 23.8 Å². The molecule has 0 aliphatic rings. The van der Waals surface area contributed by atoms with E-state index < -0.39 is 6.10 Å². The van der Waals surface area contributed by atoms with Crippen molar-refractivity contribution in [1.29, 1.82) is 0 Å². The third kappa shape index (κ3) is 50.5. The Kier molecular flexibility index (Phi) is 51.4. The Balaban J connectivity index is 4.24. The van der Waals surface area contributed by atoms with Gasteiger partial charge in [0.1, 0.15) is 6.61 Å². The number of esters is 2. The molecule has 0 aliphatic carbocycles. The van der Waals surface area contributed by atoms with Gasteiger partial charge in [-0.3, -0.25) is 9.59 Å². The van der Waals surface area contributed by atoms with Crippen LogP contribution in [0.2, 0.25) is 0 Å². The van der Waals surface area contributed by atoms with E-state index in [0.717, 1.165) is 70.6 Å². The Bertz CT molecular complexity index is 1030. The lowest BCUT2D eigenvalue weighted by Gasteiger charge is -2.18. The van der Waals surface area contributed by atoms with E-state index in [-0.39, 0.29) is 25.2 Å². The van der Waals surface area contributed by atoms with Gasteiger partial charge in [-0.05, 0) is 57.8 Å². The van der Waals surface area contributed by atoms with Crippen LogP contribution in [0, 0.1) is 0 Å². The number of hydrogen-bond donors (Lipinski definition) is 0. The molecule has 0 bridgehead atoms. The number of carbonyl (C=O) groups is 2. The van der Waals surface area contributed by atoms with Crippen LogP contribution in [0.15, 0.2) is 48.6 Å². The third-order valence-corrected chi connectivity index (χ3v) is 11.9. The molecule has 0 aliphatic heterocycles. The second-order valence-electron chi connectivity index (χ2n) is 18.1. The van der Waals surface area contributed by atoms with Crippen molar-refractivity contribution in [1.82, 2.24) is 0 Å². The van der Waals surface area contributed by atoms with E-state index >= 15 is 0 Å². The molecule has 5 heteroatoms. The fourth-order valence-electron chi connectivity index (χ4n) is 7.86. The summed E-state index contributed by atoms with van der Waals surface area (Å²) in [6.07, 6.45) is 65.6. The maximum atomic E-state index is 12.8. The van der Waals surface area contributed by atoms with E-state index in [2.05, 4.69) is 69.4 Å². The van der Waals surface area contributed by atoms with E-state index in [4.69, 9.17) is 14.2 Å². The van der Waals surface area contributed by atoms with Crippen molar-refractivity contribution >= 4 is 11.9 Å². The first-order valence-electron chi connectivity index (χ1n) is 27.2. The van der Waals surface area contributed by atoms with E-state index in [1.54, 1.807) is 0 Å². The average Bonchev–Trinajstić information content (AvgIpc) is 3.27. The molecule has 0 fully saturated rings. The highest BCUT2D eigenvalue weighted by Crippen LogP contribution is 2.16. The minimum atomic E-state index is -0.553. The summed E-state index contributed by atoms with van der Waals surface area (Å²) >= 11 is 0. The molecule has 0 N–H and O–H groups in total. The smallest absolute Gasteiger partial charge is 0.306 e. The Hall–Kier alpha value is -2.14. The number of unbranched alkanes of at least 4 members (excludes halogenated alkanes) is 31. The van der Waals surface area contributed by atoms with Gasteiger partial charge in [-0.25, -0.2) is 0 Å². The summed E-state index contributed by atoms with van der Waals surface area (Å²) in [7, 11) is 0. The van der Waals surface area contributed by atoms with Crippen molar-refractivity contribution in [2.45, 2.75) is 284 Å². The molecular formula is C57H104O5. The molecule has 0 aromatic rings. The lowest BCUT2D eigenvalue weighted by molar-refractivity contribution is -0.163. The van der Waals surface area contributed by atoms with Crippen molar-refractivity contribution in [2.24, 2.45) is 0 Å². The van der Waals surface area contributed by atoms with Gasteiger partial charge >= 0.3 is 11.9 Å². The van der Waals surface area contributed by atoms with Crippen LogP contribution in [0.3, 0.4) is 0 Å². The lowest BCUT2D eigenvalue weighted by Crippen LogP contribution is -2.30. The highest BCUT2D eigenvalue weighted by molar-refractivity contribution is 5.70. The van der Waals surface area contributed by atoms with Crippen molar-refractivity contribution in [3.05, 3.63) is 48.6 Å². The molecule has 0 rings (SSSR count). The van der Waals surface area contributed by atoms with Crippen LogP contribution in [-0.4, -0.2) is 37.9 Å². The van der Waals surface area contributed by atoms with Crippen molar-refractivity contribution in [3.8, 4) is 0 Å². The van der Waals surface area contributed by atoms with Crippen LogP contribution in [0.5, 0.6) is 0 Å². The third-order valence-electron chi connectivity index (χ3n) is 11.9. The second kappa shape index (κ2) is 53.2. The summed E-state index contributed by atoms with van der Waals surface area (Å²) in [6.45, 7) is 7.72. The van der Waals surface area contributed by atoms with Gasteiger partial charge in [-0.2, -0.15) is 0 Å². The minimum absolute atomic E-state index is 0.0735. The van der Waals surface area contributed by atoms with Crippen LogP contribution in [0.25, 0.3) is 0 Å². The van der Waals surface area contributed by atoms with Gasteiger partial charge in [0.2, 0.25) is 0 Å².